The van der Waals surface area contributed by atoms with Crippen LogP contribution < -0.4 is 5.76 Å². The van der Waals surface area contributed by atoms with Crippen LogP contribution in [0.3, 0.4) is 0 Å². The van der Waals surface area contributed by atoms with Gasteiger partial charge in [0.1, 0.15) is 0 Å². The third-order valence-corrected chi connectivity index (χ3v) is 2.85. The lowest BCUT2D eigenvalue weighted by Gasteiger charge is -1.94. The molecule has 7 nitrogen and oxygen atoms in total. The Labute approximate surface area is 95.0 Å². The predicted octanol–water partition coefficient (Wildman–Crippen LogP) is 1.13. The minimum atomic E-state index is -0.606. The van der Waals surface area contributed by atoms with E-state index in [1.807, 2.05) is 20.9 Å². The van der Waals surface area contributed by atoms with Gasteiger partial charge in [-0.1, -0.05) is 0 Å². The molecule has 7 heteroatoms. The molecule has 0 saturated heterocycles. The van der Waals surface area contributed by atoms with Crippen LogP contribution in [0.25, 0.3) is 22.8 Å². The lowest BCUT2D eigenvalue weighted by atomic mass is 10.2. The first-order chi connectivity index (χ1) is 8.08. The van der Waals surface area contributed by atoms with Crippen molar-refractivity contribution < 1.29 is 8.83 Å². The number of aromatic amines is 1. The van der Waals surface area contributed by atoms with E-state index in [0.717, 1.165) is 16.6 Å². The molecule has 17 heavy (non-hydrogen) atoms. The number of nitrogens with zero attached hydrogens (tertiary/aromatic N) is 3. The molecular weight excluding hydrogens is 224 g/mol. The second-order valence-electron chi connectivity index (χ2n) is 3.86. The van der Waals surface area contributed by atoms with Crippen LogP contribution in [-0.2, 0) is 7.05 Å². The van der Waals surface area contributed by atoms with Crippen LogP contribution in [0.15, 0.2) is 13.6 Å². The first-order valence-electron chi connectivity index (χ1n) is 5.06. The molecule has 0 atom stereocenters. The Balaban J connectivity index is 2.32. The van der Waals surface area contributed by atoms with Crippen molar-refractivity contribution in [2.45, 2.75) is 13.8 Å². The van der Waals surface area contributed by atoms with Crippen LogP contribution in [-0.4, -0.2) is 20.0 Å². The molecule has 0 spiro atoms. The highest BCUT2D eigenvalue weighted by Gasteiger charge is 2.21. The Morgan fingerprint density at radius 1 is 1.29 bits per heavy atom. The van der Waals surface area contributed by atoms with Crippen LogP contribution >= 0.6 is 0 Å². The van der Waals surface area contributed by atoms with E-state index in [1.165, 1.54) is 0 Å². The molecule has 3 aromatic heterocycles. The van der Waals surface area contributed by atoms with Gasteiger partial charge >= 0.3 is 5.76 Å². The zero-order valence-electron chi connectivity index (χ0n) is 9.57. The second-order valence-corrected chi connectivity index (χ2v) is 3.86. The van der Waals surface area contributed by atoms with Crippen LogP contribution in [0.2, 0.25) is 0 Å². The Kier molecular flexibility index (Phi) is 1.80. The standard InChI is InChI=1S/C10H10N4O3/c1-4-6-5(2)14(3)13-8(6)16-7(4)9-11-12-10(15)17-9/h1-3H3,(H,12,15). The van der Waals surface area contributed by atoms with Crippen LogP contribution in [0.4, 0.5) is 0 Å². The van der Waals surface area contributed by atoms with Gasteiger partial charge in [-0.25, -0.2) is 9.89 Å². The van der Waals surface area contributed by atoms with E-state index >= 15 is 0 Å². The van der Waals surface area contributed by atoms with Crippen LogP contribution in [0.1, 0.15) is 11.3 Å². The van der Waals surface area contributed by atoms with Crippen LogP contribution in [0.5, 0.6) is 0 Å². The summed E-state index contributed by atoms with van der Waals surface area (Å²) < 4.78 is 12.2. The molecule has 0 aliphatic heterocycles. The number of nitrogens with one attached hydrogen (secondary N) is 1. The predicted molar refractivity (Wildman–Crippen MR) is 58.6 cm³/mol. The molecule has 3 heterocycles. The average Bonchev–Trinajstić information content (AvgIpc) is 2.89. The molecule has 0 aliphatic rings. The molecule has 0 radical (unpaired) electrons. The first-order valence-corrected chi connectivity index (χ1v) is 5.06. The molecule has 0 fully saturated rings. The summed E-state index contributed by atoms with van der Waals surface area (Å²) in [6.07, 6.45) is 0. The van der Waals surface area contributed by atoms with Gasteiger partial charge in [0.2, 0.25) is 5.71 Å². The van der Waals surface area contributed by atoms with Gasteiger partial charge < -0.3 is 8.83 Å². The molecule has 0 saturated carbocycles. The molecule has 0 amide bonds. The largest absolute Gasteiger partial charge is 0.434 e. The fourth-order valence-corrected chi connectivity index (χ4v) is 1.90. The number of hydrogen-bond acceptors (Lipinski definition) is 5. The monoisotopic (exact) mass is 234 g/mol. The first kappa shape index (κ1) is 9.88. The molecule has 3 rings (SSSR count). The van der Waals surface area contributed by atoms with E-state index in [4.69, 9.17) is 8.83 Å². The van der Waals surface area contributed by atoms with Gasteiger partial charge in [0.25, 0.3) is 5.89 Å². The average molecular weight is 234 g/mol. The van der Waals surface area contributed by atoms with Crippen molar-refractivity contribution in [3.8, 4) is 11.7 Å². The highest BCUT2D eigenvalue weighted by Crippen LogP contribution is 2.32. The molecule has 0 bridgehead atoms. The summed E-state index contributed by atoms with van der Waals surface area (Å²) in [6.45, 7) is 3.83. The van der Waals surface area contributed by atoms with Crippen molar-refractivity contribution in [3.05, 3.63) is 21.8 Å². The maximum Gasteiger partial charge on any atom is 0.434 e. The summed E-state index contributed by atoms with van der Waals surface area (Å²) in [4.78, 5) is 10.9. The fourth-order valence-electron chi connectivity index (χ4n) is 1.90. The van der Waals surface area contributed by atoms with E-state index in [-0.39, 0.29) is 5.89 Å². The number of hydrogen-bond donors (Lipinski definition) is 1. The molecular formula is C10H10N4O3. The van der Waals surface area contributed by atoms with Gasteiger partial charge in [0.15, 0.2) is 5.76 Å². The van der Waals surface area contributed by atoms with Crippen LogP contribution in [0, 0.1) is 13.8 Å². The highest BCUT2D eigenvalue weighted by molar-refractivity contribution is 5.86. The van der Waals surface area contributed by atoms with Crippen molar-refractivity contribution in [3.63, 3.8) is 0 Å². The number of H-pyrrole nitrogens is 1. The molecule has 3 aromatic rings. The molecule has 0 aromatic carbocycles. The number of aromatic nitrogens is 4. The van der Waals surface area contributed by atoms with Crippen molar-refractivity contribution >= 4 is 11.1 Å². The maximum atomic E-state index is 10.9. The van der Waals surface area contributed by atoms with Gasteiger partial charge in [-0.05, 0) is 13.8 Å². The SMILES string of the molecule is Cc1c(-c2n[nH]c(=O)o2)oc2nn(C)c(C)c12. The van der Waals surface area contributed by atoms with Crippen molar-refractivity contribution in [2.24, 2.45) is 7.05 Å². The number of fused-ring (bicyclic) bond motifs is 1. The molecule has 1 N–H and O–H groups in total. The summed E-state index contributed by atoms with van der Waals surface area (Å²) in [5, 5.41) is 11.1. The second kappa shape index (κ2) is 3.09. The highest BCUT2D eigenvalue weighted by atomic mass is 16.4. The molecule has 88 valence electrons. The molecule has 0 unspecified atom stereocenters. The Hall–Kier alpha value is -2.31. The van der Waals surface area contributed by atoms with Crippen molar-refractivity contribution in [2.75, 3.05) is 0 Å². The normalized spacial score (nSPS) is 11.5. The Bertz CT molecular complexity index is 758. The van der Waals surface area contributed by atoms with Gasteiger partial charge in [-0.3, -0.25) is 4.68 Å². The minimum absolute atomic E-state index is 0.146. The van der Waals surface area contributed by atoms with Gasteiger partial charge in [0.05, 0.1) is 5.39 Å². The van der Waals surface area contributed by atoms with E-state index < -0.39 is 5.76 Å². The topological polar surface area (TPSA) is 89.8 Å². The van der Waals surface area contributed by atoms with Crippen molar-refractivity contribution in [1.29, 1.82) is 0 Å². The quantitative estimate of drug-likeness (QED) is 0.681. The third-order valence-electron chi connectivity index (χ3n) is 2.85. The lowest BCUT2D eigenvalue weighted by Crippen LogP contribution is -1.93. The summed E-state index contributed by atoms with van der Waals surface area (Å²) in [5.74, 6) is -0.0252. The van der Waals surface area contributed by atoms with Gasteiger partial charge in [-0.15, -0.1) is 10.2 Å². The summed E-state index contributed by atoms with van der Waals surface area (Å²) in [7, 11) is 1.85. The lowest BCUT2D eigenvalue weighted by molar-refractivity contribution is 0.497. The van der Waals surface area contributed by atoms with E-state index in [9.17, 15) is 4.79 Å². The van der Waals surface area contributed by atoms with Gasteiger partial charge in [0, 0.05) is 18.3 Å². The minimum Gasteiger partial charge on any atom is -0.431 e. The zero-order valence-corrected chi connectivity index (χ0v) is 9.57. The number of aryl methyl sites for hydroxylation is 3. The molecule has 0 aliphatic carbocycles. The maximum absolute atomic E-state index is 10.9. The fraction of sp³-hybridized carbons (Fsp3) is 0.300. The third kappa shape index (κ3) is 1.25. The number of rotatable bonds is 1. The van der Waals surface area contributed by atoms with Gasteiger partial charge in [-0.2, -0.15) is 0 Å². The Morgan fingerprint density at radius 2 is 2.06 bits per heavy atom. The smallest absolute Gasteiger partial charge is 0.431 e. The Morgan fingerprint density at radius 3 is 2.65 bits per heavy atom. The summed E-state index contributed by atoms with van der Waals surface area (Å²) in [6, 6.07) is 0. The van der Waals surface area contributed by atoms with E-state index in [1.54, 1.807) is 4.68 Å². The van der Waals surface area contributed by atoms with E-state index in [0.29, 0.717) is 11.5 Å². The summed E-state index contributed by atoms with van der Waals surface area (Å²) in [5.41, 5.74) is 2.37. The zero-order chi connectivity index (χ0) is 12.2. The summed E-state index contributed by atoms with van der Waals surface area (Å²) >= 11 is 0. The van der Waals surface area contributed by atoms with E-state index in [2.05, 4.69) is 15.3 Å². The number of furan rings is 1. The van der Waals surface area contributed by atoms with Crippen molar-refractivity contribution in [1.82, 2.24) is 20.0 Å².